The van der Waals surface area contributed by atoms with Crippen molar-refractivity contribution in [1.82, 2.24) is 0 Å². The SMILES string of the molecule is CC.CC.CC.CC(C)c1ccccc1.CC1=C(Nc2ccccc2N(C)c2cccc(-c3ccccc3)c2)C=CC1. The molecule has 1 aliphatic carbocycles. The standard InChI is InChI=1S/C25H24N2.C9H12.3C2H6/c1-19-10-8-16-23(19)26-24-15-6-7-17-25(24)27(2)22-14-9-13-21(18-22)20-11-4-3-5-12-20;1-8(2)9-6-4-3-5-7-9;3*1-2/h3-9,11-18,26H,10H2,1-2H3;3-8H,1-2H3;3*1-2H3. The van der Waals surface area contributed by atoms with Crippen LogP contribution in [-0.4, -0.2) is 7.05 Å². The lowest BCUT2D eigenvalue weighted by Crippen LogP contribution is -2.12. The van der Waals surface area contributed by atoms with E-state index in [1.165, 1.54) is 33.6 Å². The van der Waals surface area contributed by atoms with Gasteiger partial charge in [0.2, 0.25) is 0 Å². The average molecular weight is 563 g/mol. The van der Waals surface area contributed by atoms with Gasteiger partial charge in [-0.1, -0.05) is 146 Å². The maximum absolute atomic E-state index is 3.61. The quantitative estimate of drug-likeness (QED) is 0.251. The van der Waals surface area contributed by atoms with Crippen molar-refractivity contribution >= 4 is 17.1 Å². The molecule has 0 atom stereocenters. The molecule has 0 heterocycles. The molecule has 2 heteroatoms. The molecule has 0 saturated heterocycles. The number of rotatable bonds is 6. The summed E-state index contributed by atoms with van der Waals surface area (Å²) < 4.78 is 0. The van der Waals surface area contributed by atoms with E-state index < -0.39 is 0 Å². The Hall–Kier alpha value is -4.04. The summed E-state index contributed by atoms with van der Waals surface area (Å²) in [5.41, 5.74) is 9.89. The van der Waals surface area contributed by atoms with Crippen molar-refractivity contribution in [2.24, 2.45) is 0 Å². The van der Waals surface area contributed by atoms with Crippen LogP contribution in [0, 0.1) is 0 Å². The predicted octanol–water partition coefficient (Wildman–Crippen LogP) is 12.7. The normalized spacial score (nSPS) is 11.0. The molecule has 0 aromatic heterocycles. The molecule has 224 valence electrons. The van der Waals surface area contributed by atoms with E-state index in [-0.39, 0.29) is 0 Å². The highest BCUT2D eigenvalue weighted by Gasteiger charge is 2.12. The lowest BCUT2D eigenvalue weighted by Gasteiger charge is -2.24. The monoisotopic (exact) mass is 562 g/mol. The molecule has 0 unspecified atom stereocenters. The van der Waals surface area contributed by atoms with Crippen LogP contribution in [0.3, 0.4) is 0 Å². The molecule has 0 bridgehead atoms. The van der Waals surface area contributed by atoms with Gasteiger partial charge < -0.3 is 10.2 Å². The molecular formula is C40H54N2. The molecule has 5 rings (SSSR count). The third kappa shape index (κ3) is 11.1. The molecule has 0 spiro atoms. The van der Waals surface area contributed by atoms with E-state index in [1.54, 1.807) is 0 Å². The van der Waals surface area contributed by atoms with E-state index in [0.29, 0.717) is 5.92 Å². The number of hydrogen-bond donors (Lipinski definition) is 1. The second-order valence-corrected chi connectivity index (χ2v) is 9.48. The van der Waals surface area contributed by atoms with E-state index in [9.17, 15) is 0 Å². The van der Waals surface area contributed by atoms with Gasteiger partial charge in [0.15, 0.2) is 0 Å². The molecule has 0 aliphatic heterocycles. The summed E-state index contributed by atoms with van der Waals surface area (Å²) in [5, 5.41) is 3.61. The van der Waals surface area contributed by atoms with Gasteiger partial charge >= 0.3 is 0 Å². The molecule has 4 aromatic rings. The van der Waals surface area contributed by atoms with Gasteiger partial charge in [-0.15, -0.1) is 0 Å². The van der Waals surface area contributed by atoms with E-state index in [1.807, 2.05) is 47.6 Å². The van der Waals surface area contributed by atoms with E-state index in [0.717, 1.165) is 17.8 Å². The number of nitrogens with zero attached hydrogens (tertiary/aromatic N) is 1. The Balaban J connectivity index is 0.000000493. The van der Waals surface area contributed by atoms with Crippen LogP contribution in [0.2, 0.25) is 0 Å². The highest BCUT2D eigenvalue weighted by molar-refractivity contribution is 5.80. The van der Waals surface area contributed by atoms with Crippen LogP contribution in [0.25, 0.3) is 11.1 Å². The fraction of sp³-hybridized carbons (Fsp3) is 0.300. The van der Waals surface area contributed by atoms with Crippen molar-refractivity contribution in [3.8, 4) is 11.1 Å². The van der Waals surface area contributed by atoms with Crippen molar-refractivity contribution < 1.29 is 0 Å². The van der Waals surface area contributed by atoms with Gasteiger partial charge in [0.05, 0.1) is 11.4 Å². The van der Waals surface area contributed by atoms with Crippen molar-refractivity contribution in [1.29, 1.82) is 0 Å². The van der Waals surface area contributed by atoms with E-state index >= 15 is 0 Å². The zero-order chi connectivity index (χ0) is 31.3. The molecule has 0 radical (unpaired) electrons. The van der Waals surface area contributed by atoms with Crippen molar-refractivity contribution in [3.05, 3.63) is 138 Å². The summed E-state index contributed by atoms with van der Waals surface area (Å²) in [6.07, 6.45) is 5.40. The lowest BCUT2D eigenvalue weighted by molar-refractivity contribution is 0.867. The van der Waals surface area contributed by atoms with Crippen molar-refractivity contribution in [2.45, 2.75) is 74.7 Å². The minimum Gasteiger partial charge on any atom is -0.354 e. The topological polar surface area (TPSA) is 15.3 Å². The van der Waals surface area contributed by atoms with Gasteiger partial charge in [-0.25, -0.2) is 0 Å². The van der Waals surface area contributed by atoms with Crippen LogP contribution in [0.15, 0.2) is 133 Å². The third-order valence-corrected chi connectivity index (χ3v) is 6.51. The fourth-order valence-electron chi connectivity index (χ4n) is 4.27. The summed E-state index contributed by atoms with van der Waals surface area (Å²) >= 11 is 0. The van der Waals surface area contributed by atoms with Gasteiger partial charge in [-0.05, 0) is 71.9 Å². The Bertz CT molecular complexity index is 1320. The molecule has 0 fully saturated rings. The molecule has 1 aliphatic rings. The first-order valence-corrected chi connectivity index (χ1v) is 15.7. The van der Waals surface area contributed by atoms with Crippen LogP contribution in [0.4, 0.5) is 17.1 Å². The highest BCUT2D eigenvalue weighted by atomic mass is 15.1. The van der Waals surface area contributed by atoms with Gasteiger partial charge in [0, 0.05) is 18.4 Å². The van der Waals surface area contributed by atoms with Crippen LogP contribution in [0.1, 0.15) is 80.2 Å². The maximum Gasteiger partial charge on any atom is 0.0647 e. The van der Waals surface area contributed by atoms with Crippen LogP contribution < -0.4 is 10.2 Å². The number of nitrogens with one attached hydrogen (secondary N) is 1. The second-order valence-electron chi connectivity index (χ2n) is 9.48. The van der Waals surface area contributed by atoms with Crippen LogP contribution in [-0.2, 0) is 0 Å². The summed E-state index contributed by atoms with van der Waals surface area (Å²) in [4.78, 5) is 2.24. The molecular weight excluding hydrogens is 508 g/mol. The zero-order valence-electron chi connectivity index (χ0n) is 27.8. The summed E-state index contributed by atoms with van der Waals surface area (Å²) in [6.45, 7) is 18.6. The number of hydrogen-bond acceptors (Lipinski definition) is 2. The van der Waals surface area contributed by atoms with Gasteiger partial charge in [-0.3, -0.25) is 0 Å². The molecule has 0 amide bonds. The first kappa shape index (κ1) is 36.0. The Morgan fingerprint density at radius 2 is 1.19 bits per heavy atom. The number of para-hydroxylation sites is 2. The van der Waals surface area contributed by atoms with Gasteiger partial charge in [-0.2, -0.15) is 0 Å². The minimum absolute atomic E-state index is 0.659. The summed E-state index contributed by atoms with van der Waals surface area (Å²) in [6, 6.07) is 38.2. The second kappa shape index (κ2) is 20.8. The number of allylic oxidation sites excluding steroid dienone is 3. The molecule has 2 nitrogen and oxygen atoms in total. The van der Waals surface area contributed by atoms with Gasteiger partial charge in [0.25, 0.3) is 0 Å². The first-order valence-electron chi connectivity index (χ1n) is 15.7. The van der Waals surface area contributed by atoms with E-state index in [2.05, 4.69) is 153 Å². The van der Waals surface area contributed by atoms with Crippen molar-refractivity contribution in [2.75, 3.05) is 17.3 Å². The maximum atomic E-state index is 3.61. The Morgan fingerprint density at radius 3 is 1.74 bits per heavy atom. The molecule has 0 saturated carbocycles. The predicted molar refractivity (Wildman–Crippen MR) is 191 cm³/mol. The Morgan fingerprint density at radius 1 is 0.643 bits per heavy atom. The minimum atomic E-state index is 0.659. The molecule has 4 aromatic carbocycles. The van der Waals surface area contributed by atoms with Gasteiger partial charge in [0.1, 0.15) is 0 Å². The smallest absolute Gasteiger partial charge is 0.0647 e. The van der Waals surface area contributed by atoms with E-state index in [4.69, 9.17) is 0 Å². The zero-order valence-corrected chi connectivity index (χ0v) is 27.8. The Kier molecular flexibility index (Phi) is 17.8. The Labute approximate surface area is 257 Å². The fourth-order valence-corrected chi connectivity index (χ4v) is 4.27. The number of anilines is 3. The largest absolute Gasteiger partial charge is 0.354 e. The van der Waals surface area contributed by atoms with Crippen molar-refractivity contribution in [3.63, 3.8) is 0 Å². The first-order chi connectivity index (χ1) is 20.5. The highest BCUT2D eigenvalue weighted by Crippen LogP contribution is 2.34. The number of benzene rings is 4. The van der Waals surface area contributed by atoms with Crippen LogP contribution in [0.5, 0.6) is 0 Å². The molecule has 42 heavy (non-hydrogen) atoms. The summed E-state index contributed by atoms with van der Waals surface area (Å²) in [5.74, 6) is 0.659. The lowest BCUT2D eigenvalue weighted by atomic mass is 10.0. The average Bonchev–Trinajstić information content (AvgIpc) is 3.48. The molecule has 1 N–H and O–H groups in total. The summed E-state index contributed by atoms with van der Waals surface area (Å²) in [7, 11) is 2.12. The third-order valence-electron chi connectivity index (χ3n) is 6.51. The van der Waals surface area contributed by atoms with Crippen LogP contribution >= 0.6 is 0 Å².